The molecule has 6 heteroatoms. The summed E-state index contributed by atoms with van der Waals surface area (Å²) in [5.74, 6) is 1.17. The van der Waals surface area contributed by atoms with E-state index in [0.29, 0.717) is 28.0 Å². The number of rotatable bonds is 5. The highest BCUT2D eigenvalue weighted by Crippen LogP contribution is 2.42. The van der Waals surface area contributed by atoms with Gasteiger partial charge < -0.3 is 19.2 Å². The van der Waals surface area contributed by atoms with Crippen molar-refractivity contribution in [3.05, 3.63) is 88.1 Å². The molecule has 0 saturated heterocycles. The number of fused-ring (bicyclic) bond motifs is 1. The Bertz CT molecular complexity index is 1540. The lowest BCUT2D eigenvalue weighted by molar-refractivity contribution is 0.0377. The van der Waals surface area contributed by atoms with Crippen LogP contribution in [0.25, 0.3) is 33.4 Å². The summed E-state index contributed by atoms with van der Waals surface area (Å²) in [5.41, 5.74) is 3.26. The Morgan fingerprint density at radius 1 is 0.974 bits per heavy atom. The van der Waals surface area contributed by atoms with E-state index < -0.39 is 17.2 Å². The highest BCUT2D eigenvalue weighted by Gasteiger charge is 2.41. The van der Waals surface area contributed by atoms with Gasteiger partial charge in [0.15, 0.2) is 0 Å². The maximum atomic E-state index is 13.9. The molecule has 38 heavy (non-hydrogen) atoms. The molecule has 1 amide bonds. The number of hydrogen-bond acceptors (Lipinski definition) is 5. The number of ether oxygens (including phenoxy) is 2. The summed E-state index contributed by atoms with van der Waals surface area (Å²) in [4.78, 5) is 26.5. The van der Waals surface area contributed by atoms with Gasteiger partial charge in [0.05, 0.1) is 23.6 Å². The predicted molar refractivity (Wildman–Crippen MR) is 150 cm³/mol. The van der Waals surface area contributed by atoms with E-state index in [4.69, 9.17) is 13.9 Å². The summed E-state index contributed by atoms with van der Waals surface area (Å²) in [6.45, 7) is 7.47. The minimum atomic E-state index is -0.570. The number of carbonyl (C=O) groups excluding carboxylic acids is 1. The van der Waals surface area contributed by atoms with Crippen LogP contribution in [0.5, 0.6) is 5.75 Å². The zero-order chi connectivity index (χ0) is 27.1. The van der Waals surface area contributed by atoms with Gasteiger partial charge in [0, 0.05) is 11.6 Å². The number of hydrogen-bond donors (Lipinski definition) is 1. The Hall–Kier alpha value is -4.06. The minimum absolute atomic E-state index is 0.103. The summed E-state index contributed by atoms with van der Waals surface area (Å²) < 4.78 is 17.4. The van der Waals surface area contributed by atoms with Gasteiger partial charge in [-0.3, -0.25) is 4.79 Å². The number of carbonyl (C=O) groups is 1. The number of nitrogens with one attached hydrogen (secondary N) is 1. The fourth-order valence-electron chi connectivity index (χ4n) is 5.08. The molecule has 1 N–H and O–H groups in total. The molecule has 0 spiro atoms. The van der Waals surface area contributed by atoms with Crippen LogP contribution in [0.2, 0.25) is 0 Å². The fourth-order valence-corrected chi connectivity index (χ4v) is 5.08. The summed E-state index contributed by atoms with van der Waals surface area (Å²) in [5, 5.41) is 3.60. The van der Waals surface area contributed by atoms with E-state index in [9.17, 15) is 9.59 Å². The quantitative estimate of drug-likeness (QED) is 0.303. The van der Waals surface area contributed by atoms with Crippen molar-refractivity contribution in [2.24, 2.45) is 0 Å². The second-order valence-electron chi connectivity index (χ2n) is 11.0. The molecule has 1 saturated carbocycles. The molecule has 0 aliphatic heterocycles. The first kappa shape index (κ1) is 25.6. The van der Waals surface area contributed by atoms with E-state index >= 15 is 0 Å². The summed E-state index contributed by atoms with van der Waals surface area (Å²) in [6, 6.07) is 21.1. The molecule has 196 valence electrons. The zero-order valence-electron chi connectivity index (χ0n) is 22.5. The van der Waals surface area contributed by atoms with Gasteiger partial charge in [-0.2, -0.15) is 0 Å². The van der Waals surface area contributed by atoms with Gasteiger partial charge >= 0.3 is 6.09 Å². The van der Waals surface area contributed by atoms with Gasteiger partial charge in [-0.15, -0.1) is 0 Å². The Balaban J connectivity index is 1.60. The Labute approximate surface area is 222 Å². The van der Waals surface area contributed by atoms with Crippen molar-refractivity contribution in [2.75, 3.05) is 7.11 Å². The van der Waals surface area contributed by atoms with Crippen molar-refractivity contribution in [3.8, 4) is 28.2 Å². The molecule has 0 bridgehead atoms. The lowest BCUT2D eigenvalue weighted by Gasteiger charge is -2.43. The van der Waals surface area contributed by atoms with Crippen LogP contribution in [0.3, 0.4) is 0 Å². The standard InChI is InChI=1S/C32H33NO5/c1-20-18-24-26(19-25(20)36-5)37-29(22-10-7-6-8-11-22)27(28(24)34)21-12-14-23(15-13-21)32(16-9-17-32)33-30(35)38-31(2,3)4/h6-8,10-15,18-19H,9,16-17H2,1-5H3,(H,33,35). The van der Waals surface area contributed by atoms with E-state index in [1.54, 1.807) is 13.2 Å². The maximum Gasteiger partial charge on any atom is 0.408 e. The SMILES string of the molecule is COc1cc2oc(-c3ccccc3)c(-c3ccc(C4(NC(=O)OC(C)(C)C)CCC4)cc3)c(=O)c2cc1C. The number of alkyl carbamates (subject to hydrolysis) is 1. The molecule has 1 aromatic heterocycles. The van der Waals surface area contributed by atoms with Crippen LogP contribution in [-0.2, 0) is 10.3 Å². The third-order valence-corrected chi connectivity index (χ3v) is 7.12. The molecule has 4 aromatic rings. The van der Waals surface area contributed by atoms with E-state index in [1.807, 2.05) is 88.4 Å². The van der Waals surface area contributed by atoms with E-state index in [2.05, 4.69) is 5.32 Å². The van der Waals surface area contributed by atoms with Gasteiger partial charge in [0.2, 0.25) is 5.43 Å². The molecule has 6 nitrogen and oxygen atoms in total. The number of amides is 1. The first-order valence-electron chi connectivity index (χ1n) is 12.9. The molecule has 0 atom stereocenters. The third-order valence-electron chi connectivity index (χ3n) is 7.12. The first-order valence-corrected chi connectivity index (χ1v) is 12.9. The van der Waals surface area contributed by atoms with Crippen molar-refractivity contribution in [1.29, 1.82) is 0 Å². The fraction of sp³-hybridized carbons (Fsp3) is 0.312. The maximum absolute atomic E-state index is 13.9. The molecule has 0 radical (unpaired) electrons. The Morgan fingerprint density at radius 3 is 2.24 bits per heavy atom. The second-order valence-corrected chi connectivity index (χ2v) is 11.0. The van der Waals surface area contributed by atoms with Crippen LogP contribution in [0.1, 0.15) is 51.2 Å². The Morgan fingerprint density at radius 2 is 1.66 bits per heavy atom. The van der Waals surface area contributed by atoms with Gasteiger partial charge in [-0.25, -0.2) is 4.79 Å². The highest BCUT2D eigenvalue weighted by atomic mass is 16.6. The monoisotopic (exact) mass is 511 g/mol. The van der Waals surface area contributed by atoms with Gasteiger partial charge in [-0.05, 0) is 69.7 Å². The molecular weight excluding hydrogens is 478 g/mol. The van der Waals surface area contributed by atoms with Crippen LogP contribution in [0.4, 0.5) is 4.79 Å². The zero-order valence-corrected chi connectivity index (χ0v) is 22.5. The van der Waals surface area contributed by atoms with Crippen molar-refractivity contribution in [3.63, 3.8) is 0 Å². The molecule has 3 aromatic carbocycles. The summed E-state index contributed by atoms with van der Waals surface area (Å²) in [6.07, 6.45) is 2.26. The van der Waals surface area contributed by atoms with Crippen molar-refractivity contribution in [2.45, 2.75) is 58.1 Å². The van der Waals surface area contributed by atoms with Crippen molar-refractivity contribution >= 4 is 17.1 Å². The number of methoxy groups -OCH3 is 1. The summed E-state index contributed by atoms with van der Waals surface area (Å²) >= 11 is 0. The minimum Gasteiger partial charge on any atom is -0.496 e. The number of aryl methyl sites for hydroxylation is 1. The molecule has 1 aliphatic rings. The van der Waals surface area contributed by atoms with E-state index in [1.165, 1.54) is 0 Å². The van der Waals surface area contributed by atoms with Crippen LogP contribution in [0, 0.1) is 6.92 Å². The normalized spacial score (nSPS) is 14.6. The van der Waals surface area contributed by atoms with Crippen molar-refractivity contribution < 1.29 is 18.7 Å². The predicted octanol–water partition coefficient (Wildman–Crippen LogP) is 7.35. The lowest BCUT2D eigenvalue weighted by atomic mass is 9.71. The first-order chi connectivity index (χ1) is 18.1. The molecule has 1 fully saturated rings. The third kappa shape index (κ3) is 4.78. The lowest BCUT2D eigenvalue weighted by Crippen LogP contribution is -2.52. The Kier molecular flexibility index (Phi) is 6.51. The van der Waals surface area contributed by atoms with Gasteiger partial charge in [-0.1, -0.05) is 54.6 Å². The average Bonchev–Trinajstić information content (AvgIpc) is 2.86. The average molecular weight is 512 g/mol. The van der Waals surface area contributed by atoms with Gasteiger partial charge in [0.1, 0.15) is 22.7 Å². The molecule has 1 aliphatic carbocycles. The second kappa shape index (κ2) is 9.67. The van der Waals surface area contributed by atoms with E-state index in [0.717, 1.165) is 41.5 Å². The van der Waals surface area contributed by atoms with Crippen molar-refractivity contribution in [1.82, 2.24) is 5.32 Å². The molecule has 0 unspecified atom stereocenters. The van der Waals surface area contributed by atoms with Crippen LogP contribution in [0.15, 0.2) is 75.9 Å². The molecule has 5 rings (SSSR count). The molecular formula is C32H33NO5. The topological polar surface area (TPSA) is 77.8 Å². The molecule has 1 heterocycles. The van der Waals surface area contributed by atoms with E-state index in [-0.39, 0.29) is 5.43 Å². The smallest absolute Gasteiger partial charge is 0.408 e. The highest BCUT2D eigenvalue weighted by molar-refractivity contribution is 5.90. The summed E-state index contributed by atoms with van der Waals surface area (Å²) in [7, 11) is 1.60. The largest absolute Gasteiger partial charge is 0.496 e. The van der Waals surface area contributed by atoms with Gasteiger partial charge in [0.25, 0.3) is 0 Å². The van der Waals surface area contributed by atoms with Crippen LogP contribution < -0.4 is 15.5 Å². The van der Waals surface area contributed by atoms with Crippen LogP contribution >= 0.6 is 0 Å². The van der Waals surface area contributed by atoms with Crippen LogP contribution in [-0.4, -0.2) is 18.8 Å². The number of benzene rings is 3.